The maximum absolute atomic E-state index is 11.3. The van der Waals surface area contributed by atoms with Gasteiger partial charge in [0.15, 0.2) is 0 Å². The zero-order chi connectivity index (χ0) is 91.4. The average Bonchev–Trinajstić information content (AvgIpc) is 1.68. The zero-order valence-corrected chi connectivity index (χ0v) is 78.1. The van der Waals surface area contributed by atoms with Crippen molar-refractivity contribution in [3.8, 4) is 107 Å². The van der Waals surface area contributed by atoms with Gasteiger partial charge in [-0.25, -0.2) is 0 Å². The first kappa shape index (κ1) is 117. The van der Waals surface area contributed by atoms with Gasteiger partial charge >= 0.3 is 0 Å². The molecular formula is C96H154N14O10. The lowest BCUT2D eigenvalue weighted by molar-refractivity contribution is -0.117. The van der Waals surface area contributed by atoms with Crippen molar-refractivity contribution in [2.24, 2.45) is 0 Å². The Kier molecular flexibility index (Phi) is 75.6. The molecule has 668 valence electrons. The highest BCUT2D eigenvalue weighted by Crippen LogP contribution is 2.20. The number of amides is 9. The molecule has 9 amide bonds. The van der Waals surface area contributed by atoms with Crippen molar-refractivity contribution in [2.75, 3.05) is 99.8 Å². The topological polar surface area (TPSA) is 287 Å². The van der Waals surface area contributed by atoms with E-state index in [2.05, 4.69) is 193 Å². The summed E-state index contributed by atoms with van der Waals surface area (Å²) in [5.41, 5.74) is 0.853. The molecule has 4 aliphatic heterocycles. The summed E-state index contributed by atoms with van der Waals surface area (Å²) in [6.07, 6.45) is 17.0. The first-order valence-corrected chi connectivity index (χ1v) is 43.1. The normalized spacial score (nSPS) is 13.9. The Morgan fingerprint density at radius 3 is 0.992 bits per heavy atom. The Morgan fingerprint density at radius 1 is 0.375 bits per heavy atom. The SMILES string of the molecule is CC#CC(=O)NC(C)C.CC(C)NC(=O)C#CCCN1CCCC1.CC(C)NC(=O)C#CCN(C)C.CC(C)NC(=O)C#CCN1CCCC1.CC(C)NC(=O)C#Cc1ccccc1.CCC1CCCN1CCC#CC(=O)NC(C)C.CCCC#CC(=O)NC(C)C.CC[C@H]1CCCN1CCC#CC(=O)NC(C)C.COCC#CC(=O)NC(C)C. The van der Waals surface area contributed by atoms with Gasteiger partial charge in [0.05, 0.1) is 13.1 Å². The number of nitrogens with one attached hydrogen (secondary N) is 9. The molecule has 4 saturated heterocycles. The number of carbonyl (C=O) groups is 9. The molecule has 0 spiro atoms. The number of rotatable bonds is 21. The fourth-order valence-corrected chi connectivity index (χ4v) is 10.7. The minimum atomic E-state index is -0.253. The Hall–Kier alpha value is -9.75. The molecule has 2 atom stereocenters. The van der Waals surface area contributed by atoms with E-state index in [4.69, 9.17) is 0 Å². The van der Waals surface area contributed by atoms with Crippen LogP contribution in [0.25, 0.3) is 0 Å². The number of benzene rings is 1. The summed E-state index contributed by atoms with van der Waals surface area (Å²) in [7, 11) is 5.36. The minimum absolute atomic E-state index is 0.132. The maximum atomic E-state index is 11.3. The minimum Gasteiger partial charge on any atom is -0.372 e. The number of carbonyl (C=O) groups excluding carboxylic acids is 9. The fraction of sp³-hybridized carbons (Fsp3) is 0.656. The van der Waals surface area contributed by atoms with E-state index in [1.54, 1.807) is 6.92 Å². The van der Waals surface area contributed by atoms with Gasteiger partial charge in [0.25, 0.3) is 53.2 Å². The predicted octanol–water partition coefficient (Wildman–Crippen LogP) is 8.82. The van der Waals surface area contributed by atoms with Gasteiger partial charge in [-0.3, -0.25) is 62.8 Å². The van der Waals surface area contributed by atoms with Crippen molar-refractivity contribution < 1.29 is 47.9 Å². The van der Waals surface area contributed by atoms with Crippen LogP contribution in [0, 0.1) is 107 Å². The van der Waals surface area contributed by atoms with Crippen LogP contribution in [0.4, 0.5) is 0 Å². The van der Waals surface area contributed by atoms with Crippen molar-refractivity contribution in [3.05, 3.63) is 35.9 Å². The molecular weight excluding hydrogens is 1510 g/mol. The summed E-state index contributed by atoms with van der Waals surface area (Å²) >= 11 is 0. The fourth-order valence-electron chi connectivity index (χ4n) is 10.7. The van der Waals surface area contributed by atoms with Crippen molar-refractivity contribution in [3.63, 3.8) is 0 Å². The highest BCUT2D eigenvalue weighted by Gasteiger charge is 2.23. The van der Waals surface area contributed by atoms with E-state index in [9.17, 15) is 43.2 Å². The number of methoxy groups -OCH3 is 1. The second-order valence-corrected chi connectivity index (χ2v) is 31.4. The third-order valence-electron chi connectivity index (χ3n) is 15.8. The molecule has 4 fully saturated rings. The molecule has 4 heterocycles. The highest BCUT2D eigenvalue weighted by molar-refractivity contribution is 5.97. The van der Waals surface area contributed by atoms with Crippen LogP contribution >= 0.6 is 0 Å². The highest BCUT2D eigenvalue weighted by atomic mass is 16.5. The second-order valence-electron chi connectivity index (χ2n) is 31.4. The number of ether oxygens (including phenoxy) is 1. The number of unbranched alkanes of at least 4 members (excludes halogenated alkanes) is 1. The van der Waals surface area contributed by atoms with Gasteiger partial charge in [0.2, 0.25) is 0 Å². The van der Waals surface area contributed by atoms with Crippen LogP contribution in [-0.2, 0) is 47.9 Å². The van der Waals surface area contributed by atoms with E-state index in [1.165, 1.54) is 97.5 Å². The van der Waals surface area contributed by atoms with Gasteiger partial charge in [-0.2, -0.15) is 0 Å². The maximum Gasteiger partial charge on any atom is 0.296 e. The Morgan fingerprint density at radius 2 is 0.675 bits per heavy atom. The van der Waals surface area contributed by atoms with Crippen molar-refractivity contribution in [1.82, 2.24) is 72.4 Å². The summed E-state index contributed by atoms with van der Waals surface area (Å²) in [5, 5.41) is 24.4. The molecule has 9 N–H and O–H groups in total. The van der Waals surface area contributed by atoms with Crippen molar-refractivity contribution in [1.29, 1.82) is 0 Å². The number of nitrogens with zero attached hydrogens (tertiary/aromatic N) is 5. The summed E-state index contributed by atoms with van der Waals surface area (Å²) in [4.78, 5) is 111. The zero-order valence-electron chi connectivity index (χ0n) is 78.1. The lowest BCUT2D eigenvalue weighted by Crippen LogP contribution is -2.30. The standard InChI is InChI=1S/2C14H24N2O.C12H20N2O.C12H13NO.C11H18N2O.C9H16N2O.C9H15NO.C8H13NO2.C7H11NO/c2*1-4-13-8-7-11-16(13)10-6-5-9-14(17)15-12(2)3;1-11(2)13-12(15)7-3-4-8-14-9-5-6-10-14;1-10(2)13-12(14)9-8-11-6-4-3-5-7-11;1-10(2)12-11(14)6-5-9-13-7-3-4-8-13;1-8(2)10-9(12)6-5-7-11(3)4;1-4-5-6-7-9(11)10-8(2)3;1-7(2)9-8(10)5-4-6-11-3;1-4-5-7(9)8-6(2)3/h2*12-13H,4,6-8,10-11H2,1-3H3,(H,15,17);11H,4-6,8-10H2,1-2H3,(H,13,15);3-7,10H,1-2H3,(H,13,14);10H,3-4,7-9H2,1-2H3,(H,12,14);8H,7H2,1-4H3,(H,10,12);8H,4-5H2,1-3H3,(H,10,11);7H,6H2,1-3H3,(H,9,10);6H,1-3H3,(H,8,9)/t13-;;;;;;;;/m0......../s1. The van der Waals surface area contributed by atoms with Crippen LogP contribution in [0.15, 0.2) is 30.3 Å². The molecule has 0 aliphatic carbocycles. The van der Waals surface area contributed by atoms with E-state index in [0.29, 0.717) is 13.2 Å². The third kappa shape index (κ3) is 82.0. The number of hydrogen-bond acceptors (Lipinski definition) is 15. The van der Waals surface area contributed by atoms with Crippen LogP contribution in [0.3, 0.4) is 0 Å². The van der Waals surface area contributed by atoms with Gasteiger partial charge in [-0.1, -0.05) is 92.3 Å². The van der Waals surface area contributed by atoms with Gasteiger partial charge < -0.3 is 57.5 Å². The molecule has 24 heteroatoms. The second kappa shape index (κ2) is 77.8. The summed E-state index contributed by atoms with van der Waals surface area (Å²) in [6.45, 7) is 54.3. The van der Waals surface area contributed by atoms with Crippen LogP contribution in [0.5, 0.6) is 0 Å². The van der Waals surface area contributed by atoms with Crippen LogP contribution in [-0.4, -0.2) is 244 Å². The Bertz CT molecular complexity index is 3550. The summed E-state index contributed by atoms with van der Waals surface area (Å²) in [5.74, 6) is 46.2. The Labute approximate surface area is 727 Å². The average molecular weight is 1660 g/mol. The molecule has 24 nitrogen and oxygen atoms in total. The number of likely N-dealkylation sites (tertiary alicyclic amines) is 4. The first-order chi connectivity index (χ1) is 56.8. The molecule has 120 heavy (non-hydrogen) atoms. The molecule has 0 saturated carbocycles. The molecule has 5 rings (SSSR count). The van der Waals surface area contributed by atoms with E-state index in [1.807, 2.05) is 181 Å². The van der Waals surface area contributed by atoms with E-state index >= 15 is 0 Å². The smallest absolute Gasteiger partial charge is 0.296 e. The van der Waals surface area contributed by atoms with E-state index < -0.39 is 0 Å². The first-order valence-electron chi connectivity index (χ1n) is 43.1. The van der Waals surface area contributed by atoms with E-state index in [-0.39, 0.29) is 108 Å². The van der Waals surface area contributed by atoms with Gasteiger partial charge in [-0.15, -0.1) is 0 Å². The Balaban J connectivity index is -0.000000635. The largest absolute Gasteiger partial charge is 0.372 e. The van der Waals surface area contributed by atoms with Crippen molar-refractivity contribution in [2.45, 2.75) is 315 Å². The van der Waals surface area contributed by atoms with Gasteiger partial charge in [0, 0.05) is 130 Å². The van der Waals surface area contributed by atoms with Crippen LogP contribution < -0.4 is 47.9 Å². The van der Waals surface area contributed by atoms with E-state index in [0.717, 1.165) is 89.0 Å². The van der Waals surface area contributed by atoms with Crippen molar-refractivity contribution >= 4 is 53.2 Å². The van der Waals surface area contributed by atoms with Gasteiger partial charge in [0.1, 0.15) is 6.61 Å². The third-order valence-corrected chi connectivity index (χ3v) is 15.8. The molecule has 0 radical (unpaired) electrons. The molecule has 1 aromatic rings. The quantitative estimate of drug-likeness (QED) is 0.0520. The molecule has 4 aliphatic rings. The lowest BCUT2D eigenvalue weighted by atomic mass is 10.2. The lowest BCUT2D eigenvalue weighted by Gasteiger charge is -2.21. The number of hydrogen-bond donors (Lipinski definition) is 9. The summed E-state index contributed by atoms with van der Waals surface area (Å²) in [6, 6.07) is 12.4. The van der Waals surface area contributed by atoms with Crippen LogP contribution in [0.2, 0.25) is 0 Å². The molecule has 0 bridgehead atoms. The van der Waals surface area contributed by atoms with Crippen LogP contribution in [0.1, 0.15) is 254 Å². The van der Waals surface area contributed by atoms with Gasteiger partial charge in [-0.05, 0) is 315 Å². The molecule has 0 aromatic heterocycles. The molecule has 1 aromatic carbocycles. The molecule has 1 unspecified atom stereocenters. The summed E-state index contributed by atoms with van der Waals surface area (Å²) < 4.78 is 4.64. The monoisotopic (exact) mass is 1660 g/mol. The predicted molar refractivity (Wildman–Crippen MR) is 491 cm³/mol.